The first-order chi connectivity index (χ1) is 14.0. The molecule has 0 spiro atoms. The van der Waals surface area contributed by atoms with Crippen LogP contribution in [0.3, 0.4) is 0 Å². The lowest BCUT2D eigenvalue weighted by Crippen LogP contribution is -2.36. The van der Waals surface area contributed by atoms with Crippen LogP contribution in [0.15, 0.2) is 40.2 Å². The first kappa shape index (κ1) is 17.9. The highest BCUT2D eigenvalue weighted by atomic mass is 32.1. The van der Waals surface area contributed by atoms with Gasteiger partial charge in [0.1, 0.15) is 0 Å². The molecular weight excluding hydrogens is 396 g/mol. The van der Waals surface area contributed by atoms with Gasteiger partial charge in [-0.3, -0.25) is 4.79 Å². The van der Waals surface area contributed by atoms with Gasteiger partial charge in [0.2, 0.25) is 0 Å². The van der Waals surface area contributed by atoms with Crippen LogP contribution >= 0.6 is 11.3 Å². The highest BCUT2D eigenvalue weighted by Gasteiger charge is 2.29. The minimum atomic E-state index is -0.969. The van der Waals surface area contributed by atoms with Gasteiger partial charge in [-0.05, 0) is 48.9 Å². The van der Waals surface area contributed by atoms with E-state index >= 15 is 0 Å². The van der Waals surface area contributed by atoms with Crippen LogP contribution < -0.4 is 4.90 Å². The molecule has 0 radical (unpaired) electrons. The number of carbonyl (C=O) groups is 1. The second-order valence-corrected chi connectivity index (χ2v) is 7.88. The summed E-state index contributed by atoms with van der Waals surface area (Å²) in [4.78, 5) is 20.4. The first-order valence-electron chi connectivity index (χ1n) is 9.13. The van der Waals surface area contributed by atoms with E-state index in [0.717, 1.165) is 10.9 Å². The minimum absolute atomic E-state index is 0.277. The lowest BCUT2D eigenvalue weighted by Gasteiger charge is -2.30. The van der Waals surface area contributed by atoms with Gasteiger partial charge >= 0.3 is 0 Å². The van der Waals surface area contributed by atoms with Gasteiger partial charge in [0, 0.05) is 12.6 Å². The van der Waals surface area contributed by atoms with Crippen LogP contribution in [0.2, 0.25) is 0 Å². The predicted molar refractivity (Wildman–Crippen MR) is 106 cm³/mol. The Bertz CT molecular complexity index is 1250. The van der Waals surface area contributed by atoms with Crippen molar-refractivity contribution in [3.05, 3.63) is 64.2 Å². The third-order valence-corrected chi connectivity index (χ3v) is 6.00. The Balaban J connectivity index is 1.68. The van der Waals surface area contributed by atoms with Gasteiger partial charge in [-0.25, -0.2) is 13.8 Å². The number of hydrogen-bond acceptors (Lipinski definition) is 5. The summed E-state index contributed by atoms with van der Waals surface area (Å²) in [6, 6.07) is 7.80. The van der Waals surface area contributed by atoms with Crippen molar-refractivity contribution in [1.29, 1.82) is 0 Å². The molecular formula is C21H15F2N3O2S. The predicted octanol–water partition coefficient (Wildman–Crippen LogP) is 5.13. The van der Waals surface area contributed by atoms with Gasteiger partial charge in [-0.2, -0.15) is 0 Å². The number of anilines is 1. The van der Waals surface area contributed by atoms with E-state index in [9.17, 15) is 13.6 Å². The first-order valence-corrected chi connectivity index (χ1v) is 10.0. The molecule has 0 aliphatic carbocycles. The van der Waals surface area contributed by atoms with Gasteiger partial charge in [0.05, 0.1) is 32.9 Å². The fourth-order valence-electron chi connectivity index (χ4n) is 3.75. The molecule has 1 aliphatic rings. The molecule has 0 fully saturated rings. The van der Waals surface area contributed by atoms with Crippen LogP contribution in [0.25, 0.3) is 21.7 Å². The zero-order valence-corrected chi connectivity index (χ0v) is 16.2. The van der Waals surface area contributed by atoms with Crippen LogP contribution in [0.5, 0.6) is 0 Å². The number of rotatable bonds is 2. The summed E-state index contributed by atoms with van der Waals surface area (Å²) in [6.07, 6.45) is 1.26. The summed E-state index contributed by atoms with van der Waals surface area (Å²) in [5.41, 5.74) is 2.84. The number of aromatic nitrogens is 2. The summed E-state index contributed by atoms with van der Waals surface area (Å²) < 4.78 is 32.9. The van der Waals surface area contributed by atoms with Crippen LogP contribution in [-0.4, -0.2) is 22.6 Å². The number of amides is 1. The molecule has 146 valence electrons. The number of thiophene rings is 1. The van der Waals surface area contributed by atoms with Crippen molar-refractivity contribution in [2.75, 3.05) is 11.4 Å². The smallest absolute Gasteiger partial charge is 0.259 e. The number of nitrogens with zero attached hydrogens (tertiary/aromatic N) is 3. The molecule has 0 atom stereocenters. The minimum Gasteiger partial charge on any atom is -0.335 e. The maximum atomic E-state index is 13.9. The van der Waals surface area contributed by atoms with Crippen LogP contribution in [-0.2, 0) is 6.42 Å². The third-order valence-electron chi connectivity index (χ3n) is 5.11. The second-order valence-electron chi connectivity index (χ2n) is 6.94. The molecule has 3 aromatic heterocycles. The Labute approximate surface area is 168 Å². The molecule has 5 nitrogen and oxygen atoms in total. The van der Waals surface area contributed by atoms with Gasteiger partial charge in [0.15, 0.2) is 11.6 Å². The van der Waals surface area contributed by atoms with E-state index in [0.29, 0.717) is 53.0 Å². The fourth-order valence-corrected chi connectivity index (χ4v) is 4.43. The van der Waals surface area contributed by atoms with Gasteiger partial charge in [0.25, 0.3) is 11.6 Å². The van der Waals surface area contributed by atoms with E-state index in [-0.39, 0.29) is 11.6 Å². The molecule has 5 rings (SSSR count). The molecule has 8 heteroatoms. The molecule has 4 aromatic rings. The molecule has 29 heavy (non-hydrogen) atoms. The van der Waals surface area contributed by atoms with Crippen LogP contribution in [0.4, 0.5) is 14.5 Å². The number of hydrogen-bond donors (Lipinski definition) is 0. The molecule has 1 aliphatic heterocycles. The molecule has 1 aromatic carbocycles. The lowest BCUT2D eigenvalue weighted by molar-refractivity contribution is 0.0986. The number of carbonyl (C=O) groups excluding carboxylic acids is 1. The number of halogens is 2. The van der Waals surface area contributed by atoms with Gasteiger partial charge in [-0.1, -0.05) is 11.2 Å². The van der Waals surface area contributed by atoms with Crippen LogP contribution in [0.1, 0.15) is 28.0 Å². The standard InChI is InChI=1S/C21H15F2N3O2S/c1-11-19-13(9-16(18-5-3-7-29-18)24-20(19)28-25-11)21(27)26-6-2-4-12-8-14(22)15(23)10-17(12)26/h3,5,7-10H,2,4,6H2,1H3. The van der Waals surface area contributed by atoms with Crippen molar-refractivity contribution >= 4 is 34.0 Å². The molecule has 1 amide bonds. The van der Waals surface area contributed by atoms with Crippen molar-refractivity contribution in [3.63, 3.8) is 0 Å². The topological polar surface area (TPSA) is 59.2 Å². The molecule has 4 heterocycles. The quantitative estimate of drug-likeness (QED) is 0.459. The number of pyridine rings is 1. The monoisotopic (exact) mass is 411 g/mol. The normalized spacial score (nSPS) is 13.7. The Morgan fingerprint density at radius 1 is 1.24 bits per heavy atom. The Morgan fingerprint density at radius 2 is 2.07 bits per heavy atom. The highest BCUT2D eigenvalue weighted by Crippen LogP contribution is 2.34. The van der Waals surface area contributed by atoms with E-state index in [1.165, 1.54) is 22.3 Å². The second kappa shape index (κ2) is 6.73. The molecule has 0 N–H and O–H groups in total. The van der Waals surface area contributed by atoms with E-state index in [1.54, 1.807) is 13.0 Å². The maximum absolute atomic E-state index is 13.9. The zero-order valence-electron chi connectivity index (χ0n) is 15.4. The number of benzene rings is 1. The Kier molecular flexibility index (Phi) is 4.16. The number of aryl methyl sites for hydroxylation is 2. The van der Waals surface area contributed by atoms with Gasteiger partial charge < -0.3 is 9.42 Å². The number of fused-ring (bicyclic) bond motifs is 2. The average Bonchev–Trinajstić information content (AvgIpc) is 3.38. The summed E-state index contributed by atoms with van der Waals surface area (Å²) in [5.74, 6) is -2.18. The third kappa shape index (κ3) is 2.91. The van der Waals surface area contributed by atoms with Crippen molar-refractivity contribution in [1.82, 2.24) is 10.1 Å². The average molecular weight is 411 g/mol. The molecule has 0 saturated carbocycles. The summed E-state index contributed by atoms with van der Waals surface area (Å²) in [5, 5.41) is 6.42. The Morgan fingerprint density at radius 3 is 2.86 bits per heavy atom. The lowest BCUT2D eigenvalue weighted by atomic mass is 9.99. The molecule has 0 saturated heterocycles. The highest BCUT2D eigenvalue weighted by molar-refractivity contribution is 7.13. The van der Waals surface area contributed by atoms with Gasteiger partial charge in [-0.15, -0.1) is 11.3 Å². The van der Waals surface area contributed by atoms with Crippen molar-refractivity contribution in [3.8, 4) is 10.6 Å². The van der Waals surface area contributed by atoms with Crippen molar-refractivity contribution < 1.29 is 18.1 Å². The summed E-state index contributed by atoms with van der Waals surface area (Å²) >= 11 is 1.50. The van der Waals surface area contributed by atoms with E-state index in [2.05, 4.69) is 10.1 Å². The van der Waals surface area contributed by atoms with E-state index in [4.69, 9.17) is 4.52 Å². The maximum Gasteiger partial charge on any atom is 0.259 e. The zero-order chi connectivity index (χ0) is 20.1. The molecule has 0 unspecified atom stereocenters. The summed E-state index contributed by atoms with van der Waals surface area (Å²) in [6.45, 7) is 2.16. The van der Waals surface area contributed by atoms with Crippen molar-refractivity contribution in [2.24, 2.45) is 0 Å². The van der Waals surface area contributed by atoms with E-state index in [1.807, 2.05) is 17.5 Å². The summed E-state index contributed by atoms with van der Waals surface area (Å²) in [7, 11) is 0. The Hall–Kier alpha value is -3.13. The molecule has 0 bridgehead atoms. The van der Waals surface area contributed by atoms with Crippen LogP contribution in [0, 0.1) is 18.6 Å². The van der Waals surface area contributed by atoms with Crippen molar-refractivity contribution in [2.45, 2.75) is 19.8 Å². The largest absolute Gasteiger partial charge is 0.335 e. The van der Waals surface area contributed by atoms with E-state index < -0.39 is 11.6 Å². The fraction of sp³-hybridized carbons (Fsp3) is 0.190. The SMILES string of the molecule is Cc1noc2nc(-c3cccs3)cc(C(=O)N3CCCc4cc(F)c(F)cc43)c12.